The molecule has 5 aliphatic carbocycles. The number of rotatable bonds is 7. The van der Waals surface area contributed by atoms with Crippen molar-refractivity contribution in [1.29, 1.82) is 0 Å². The van der Waals surface area contributed by atoms with Crippen LogP contribution in [-0.2, 0) is 19.1 Å². The van der Waals surface area contributed by atoms with Crippen LogP contribution in [0.1, 0.15) is 113 Å². The van der Waals surface area contributed by atoms with Crippen molar-refractivity contribution in [2.45, 2.75) is 123 Å². The lowest BCUT2D eigenvalue weighted by Crippen LogP contribution is -2.71. The Kier molecular flexibility index (Phi) is 9.19. The number of nitrogens with zero attached hydrogens (tertiary/aromatic N) is 2. The van der Waals surface area contributed by atoms with Gasteiger partial charge in [0.15, 0.2) is 0 Å². The SMILES string of the molecule is CC(=O)OC[C@]12CC[C@@H](C(Br)(CBr)C[N+]34CCN(CC3)CC4)[C@@H]1[C@H]1CCC3[C@@]4(C)CCC(OC(C)=O)C(C)(C)[C@@H]4CC[C@@]3(C)[C@]1(C)CC2. The second-order valence-corrected chi connectivity index (χ2v) is 21.8. The fourth-order valence-electron chi connectivity index (χ4n) is 15.0. The number of esters is 2. The lowest BCUT2D eigenvalue weighted by Gasteiger charge is -2.73. The van der Waals surface area contributed by atoms with Crippen LogP contribution in [0.2, 0.25) is 0 Å². The molecule has 0 N–H and O–H groups in total. The smallest absolute Gasteiger partial charge is 0.302 e. The maximum atomic E-state index is 12.4. The third kappa shape index (κ3) is 5.30. The highest BCUT2D eigenvalue weighted by atomic mass is 79.9. The largest absolute Gasteiger partial charge is 0.465 e. The summed E-state index contributed by atoms with van der Waals surface area (Å²) in [7, 11) is 0. The predicted molar refractivity (Wildman–Crippen MR) is 198 cm³/mol. The summed E-state index contributed by atoms with van der Waals surface area (Å²) in [5.41, 5.74) is 0.830. The Morgan fingerprint density at radius 3 is 2.12 bits per heavy atom. The fourth-order valence-corrected chi connectivity index (χ4v) is 16.6. The number of ether oxygens (including phenoxy) is 2. The Morgan fingerprint density at radius 2 is 1.50 bits per heavy atom. The molecule has 0 radical (unpaired) electrons. The molecule has 11 atom stereocenters. The second kappa shape index (κ2) is 12.2. The van der Waals surface area contributed by atoms with Gasteiger partial charge in [-0.25, -0.2) is 0 Å². The highest BCUT2D eigenvalue weighted by molar-refractivity contribution is 9.12. The number of halogens is 2. The van der Waals surface area contributed by atoms with Gasteiger partial charge in [0, 0.05) is 49.6 Å². The molecule has 272 valence electrons. The van der Waals surface area contributed by atoms with E-state index in [1.165, 1.54) is 102 Å². The van der Waals surface area contributed by atoms with E-state index in [4.69, 9.17) is 9.47 Å². The van der Waals surface area contributed by atoms with E-state index in [1.807, 2.05) is 0 Å². The number of carbonyl (C=O) groups excluding carboxylic acids is 2. The molecule has 2 bridgehead atoms. The summed E-state index contributed by atoms with van der Waals surface area (Å²) in [5, 5.41) is 0.982. The molecule has 8 aliphatic rings. The Hall–Kier alpha value is -0.180. The second-order valence-electron chi connectivity index (χ2n) is 19.6. The van der Waals surface area contributed by atoms with Crippen molar-refractivity contribution in [2.24, 2.45) is 56.7 Å². The van der Waals surface area contributed by atoms with Crippen LogP contribution in [-0.4, -0.2) is 89.5 Å². The molecule has 0 aromatic heterocycles. The maximum absolute atomic E-state index is 12.4. The zero-order chi connectivity index (χ0) is 34.5. The monoisotopic (exact) mass is 795 g/mol. The van der Waals surface area contributed by atoms with Crippen LogP contribution in [0.5, 0.6) is 0 Å². The zero-order valence-electron chi connectivity index (χ0n) is 31.2. The summed E-state index contributed by atoms with van der Waals surface area (Å²) in [6, 6.07) is 0. The van der Waals surface area contributed by atoms with E-state index in [0.29, 0.717) is 36.2 Å². The first-order valence-corrected chi connectivity index (χ1v) is 21.5. The molecule has 3 unspecified atom stereocenters. The van der Waals surface area contributed by atoms with Crippen LogP contribution in [0.15, 0.2) is 0 Å². The van der Waals surface area contributed by atoms with Crippen LogP contribution in [0.3, 0.4) is 0 Å². The van der Waals surface area contributed by atoms with E-state index in [1.54, 1.807) is 13.8 Å². The number of alkyl halides is 2. The van der Waals surface area contributed by atoms with E-state index < -0.39 is 0 Å². The molecule has 0 spiro atoms. The molecule has 8 fully saturated rings. The molecular formula is C40H65Br2N2O4+. The summed E-state index contributed by atoms with van der Waals surface area (Å²) in [5.74, 6) is 2.74. The van der Waals surface area contributed by atoms with E-state index >= 15 is 0 Å². The van der Waals surface area contributed by atoms with Gasteiger partial charge in [-0.3, -0.25) is 14.5 Å². The van der Waals surface area contributed by atoms with Crippen molar-refractivity contribution in [3.63, 3.8) is 0 Å². The Bertz CT molecular complexity index is 1270. The predicted octanol–water partition coefficient (Wildman–Crippen LogP) is 8.24. The van der Waals surface area contributed by atoms with Crippen molar-refractivity contribution >= 4 is 43.8 Å². The minimum Gasteiger partial charge on any atom is -0.465 e. The fraction of sp³-hybridized carbons (Fsp3) is 0.950. The molecule has 6 nitrogen and oxygen atoms in total. The molecule has 3 aliphatic heterocycles. The van der Waals surface area contributed by atoms with Crippen molar-refractivity contribution in [2.75, 3.05) is 57.8 Å². The Morgan fingerprint density at radius 1 is 0.812 bits per heavy atom. The number of hydrogen-bond acceptors (Lipinski definition) is 5. The third-order valence-electron chi connectivity index (χ3n) is 17.6. The molecule has 5 saturated carbocycles. The lowest BCUT2D eigenvalue weighted by molar-refractivity contribution is -0.942. The minimum absolute atomic E-state index is 0.0155. The first-order valence-electron chi connectivity index (χ1n) is 19.6. The van der Waals surface area contributed by atoms with E-state index in [0.717, 1.165) is 18.2 Å². The van der Waals surface area contributed by atoms with Crippen LogP contribution in [0.4, 0.5) is 0 Å². The molecule has 3 saturated heterocycles. The van der Waals surface area contributed by atoms with Crippen LogP contribution >= 0.6 is 31.9 Å². The summed E-state index contributed by atoms with van der Waals surface area (Å²) in [6.07, 6.45) is 12.1. The van der Waals surface area contributed by atoms with Crippen molar-refractivity contribution in [3.05, 3.63) is 0 Å². The summed E-state index contributed by atoms with van der Waals surface area (Å²) >= 11 is 8.72. The number of fused-ring (bicyclic) bond motifs is 10. The molecular weight excluding hydrogens is 732 g/mol. The number of hydrogen-bond donors (Lipinski definition) is 0. The Balaban J connectivity index is 1.23. The summed E-state index contributed by atoms with van der Waals surface area (Å²) < 4.78 is 13.4. The molecule has 3 heterocycles. The van der Waals surface area contributed by atoms with Crippen molar-refractivity contribution in [1.82, 2.24) is 4.90 Å². The normalized spacial score (nSPS) is 50.2. The molecule has 0 aromatic carbocycles. The molecule has 8 heteroatoms. The molecule has 0 aromatic rings. The van der Waals surface area contributed by atoms with Gasteiger partial charge in [-0.15, -0.1) is 0 Å². The Labute approximate surface area is 308 Å². The highest BCUT2D eigenvalue weighted by Gasteiger charge is 2.72. The van der Waals surface area contributed by atoms with E-state index in [2.05, 4.69) is 71.4 Å². The standard InChI is InChI=1S/C40H65Br2N2O4/c1-27(45)47-26-39-15-10-30(40(42,24-41)25-44-21-18-43(19-22-44)20-23-44)34(39)29-8-9-32-36(5)13-12-33(48-28(2)46)35(3,4)31(36)11-14-38(32,7)37(29,6)16-17-39/h29-34H,8-26H2,1-7H3/q+1/t29-,30-,31+,32?,33?,34+,36+,37-,38-,39-,40?/m1/s1. The lowest BCUT2D eigenvalue weighted by atomic mass is 9.32. The van der Waals surface area contributed by atoms with Gasteiger partial charge in [0.2, 0.25) is 0 Å². The molecule has 8 rings (SSSR count). The quantitative estimate of drug-likeness (QED) is 0.148. The van der Waals surface area contributed by atoms with Gasteiger partial charge in [0.05, 0.1) is 37.1 Å². The van der Waals surface area contributed by atoms with Gasteiger partial charge >= 0.3 is 11.9 Å². The molecule has 48 heavy (non-hydrogen) atoms. The average Bonchev–Trinajstić information content (AvgIpc) is 3.43. The first kappa shape index (κ1) is 36.2. The number of carbonyl (C=O) groups is 2. The molecule has 0 amide bonds. The summed E-state index contributed by atoms with van der Waals surface area (Å²) in [6.45, 7) is 25.5. The van der Waals surface area contributed by atoms with Gasteiger partial charge in [-0.1, -0.05) is 66.5 Å². The van der Waals surface area contributed by atoms with Gasteiger partial charge in [0.25, 0.3) is 0 Å². The maximum Gasteiger partial charge on any atom is 0.302 e. The van der Waals surface area contributed by atoms with Crippen molar-refractivity contribution < 1.29 is 23.5 Å². The van der Waals surface area contributed by atoms with E-state index in [-0.39, 0.29) is 49.4 Å². The van der Waals surface area contributed by atoms with E-state index in [9.17, 15) is 9.59 Å². The van der Waals surface area contributed by atoms with Gasteiger partial charge in [-0.05, 0) is 110 Å². The third-order valence-corrected chi connectivity index (χ3v) is 20.4. The van der Waals surface area contributed by atoms with Crippen LogP contribution < -0.4 is 0 Å². The average molecular weight is 798 g/mol. The van der Waals surface area contributed by atoms with Crippen LogP contribution in [0.25, 0.3) is 0 Å². The number of piperazine rings is 3. The van der Waals surface area contributed by atoms with Crippen molar-refractivity contribution in [3.8, 4) is 0 Å². The zero-order valence-corrected chi connectivity index (χ0v) is 34.4. The number of quaternary nitrogens is 1. The first-order chi connectivity index (χ1) is 22.5. The van der Waals surface area contributed by atoms with Crippen LogP contribution in [0, 0.1) is 56.7 Å². The van der Waals surface area contributed by atoms with Gasteiger partial charge in [-0.2, -0.15) is 0 Å². The minimum atomic E-state index is -0.130. The topological polar surface area (TPSA) is 55.8 Å². The van der Waals surface area contributed by atoms with Gasteiger partial charge < -0.3 is 14.0 Å². The summed E-state index contributed by atoms with van der Waals surface area (Å²) in [4.78, 5) is 27.2. The van der Waals surface area contributed by atoms with Gasteiger partial charge in [0.1, 0.15) is 6.10 Å². The highest BCUT2D eigenvalue weighted by Crippen LogP contribution is 2.78.